The summed E-state index contributed by atoms with van der Waals surface area (Å²) in [4.78, 5) is 75.1. The largest absolute Gasteiger partial charge is 0.446 e. The van der Waals surface area contributed by atoms with Crippen molar-refractivity contribution in [1.82, 2.24) is 36.1 Å². The normalized spacial score (nSPS) is 21.6. The minimum atomic E-state index is -0.754. The molecule has 13 nitrogen and oxygen atoms in total. The Morgan fingerprint density at radius 2 is 1.80 bits per heavy atom. The van der Waals surface area contributed by atoms with E-state index in [1.54, 1.807) is 5.38 Å². The van der Waals surface area contributed by atoms with Crippen LogP contribution in [0, 0.1) is 5.92 Å². The highest BCUT2D eigenvalue weighted by atomic mass is 32.1. The standard InChI is InChI=1S/C30H35N7O6S/c1-17(2)12-21-29-36-23(16-44-29)26(40)31-10-11-37(30(42)19-8-9-24(38)32-19)14-25(39)33-20(13-18-6-4-3-5-7-18)28-35-22(15-43-28)27(41)34-21/h3-7,15-17,19-21H,8-14H2,1-2H3,(H,31,40)(H,32,38)(H,33,39)(H,34,41)/t19-,20+,21+/m1/s1. The Balaban J connectivity index is 1.46. The summed E-state index contributed by atoms with van der Waals surface area (Å²) >= 11 is 1.26. The minimum absolute atomic E-state index is 0.0277. The van der Waals surface area contributed by atoms with Crippen molar-refractivity contribution in [2.24, 2.45) is 5.92 Å². The van der Waals surface area contributed by atoms with Crippen molar-refractivity contribution in [1.29, 1.82) is 0 Å². The Morgan fingerprint density at radius 1 is 1.00 bits per heavy atom. The summed E-state index contributed by atoms with van der Waals surface area (Å²) in [6.45, 7) is 3.79. The van der Waals surface area contributed by atoms with Crippen LogP contribution in [0.5, 0.6) is 0 Å². The number of hydrogen-bond donors (Lipinski definition) is 4. The smallest absolute Gasteiger partial charge is 0.273 e. The summed E-state index contributed by atoms with van der Waals surface area (Å²) in [7, 11) is 0. The highest BCUT2D eigenvalue weighted by molar-refractivity contribution is 7.09. The average molecular weight is 622 g/mol. The van der Waals surface area contributed by atoms with Crippen molar-refractivity contribution in [2.45, 2.75) is 57.7 Å². The monoisotopic (exact) mass is 621 g/mol. The van der Waals surface area contributed by atoms with Crippen molar-refractivity contribution in [2.75, 3.05) is 19.6 Å². The van der Waals surface area contributed by atoms with Gasteiger partial charge in [-0.2, -0.15) is 0 Å². The van der Waals surface area contributed by atoms with Gasteiger partial charge < -0.3 is 30.6 Å². The summed E-state index contributed by atoms with van der Waals surface area (Å²) in [5, 5.41) is 13.5. The van der Waals surface area contributed by atoms with Gasteiger partial charge in [0.05, 0.1) is 12.6 Å². The Hall–Kier alpha value is -4.59. The van der Waals surface area contributed by atoms with Crippen molar-refractivity contribution in [3.8, 4) is 0 Å². The van der Waals surface area contributed by atoms with E-state index in [0.29, 0.717) is 24.3 Å². The topological polar surface area (TPSA) is 176 Å². The van der Waals surface area contributed by atoms with Crippen molar-refractivity contribution in [3.63, 3.8) is 0 Å². The highest BCUT2D eigenvalue weighted by Crippen LogP contribution is 2.26. The van der Waals surface area contributed by atoms with Crippen LogP contribution in [0.15, 0.2) is 46.4 Å². The molecule has 0 spiro atoms. The number of fused-ring (bicyclic) bond motifs is 4. The Labute approximate surface area is 258 Å². The molecule has 232 valence electrons. The average Bonchev–Trinajstić information content (AvgIpc) is 3.77. The van der Waals surface area contributed by atoms with E-state index in [0.717, 1.165) is 5.56 Å². The van der Waals surface area contributed by atoms with Crippen molar-refractivity contribution >= 4 is 40.9 Å². The Kier molecular flexibility index (Phi) is 9.68. The van der Waals surface area contributed by atoms with Gasteiger partial charge >= 0.3 is 0 Å². The van der Waals surface area contributed by atoms with Crippen LogP contribution in [-0.4, -0.2) is 70.1 Å². The van der Waals surface area contributed by atoms with Crippen LogP contribution in [0.25, 0.3) is 0 Å². The van der Waals surface area contributed by atoms with Gasteiger partial charge in [-0.1, -0.05) is 44.2 Å². The first-order chi connectivity index (χ1) is 21.2. The number of carbonyl (C=O) groups is 5. The third-order valence-electron chi connectivity index (χ3n) is 7.34. The number of aromatic nitrogens is 2. The van der Waals surface area contributed by atoms with Crippen molar-refractivity contribution in [3.05, 3.63) is 69.8 Å². The van der Waals surface area contributed by atoms with Gasteiger partial charge in [-0.05, 0) is 24.3 Å². The second-order valence-corrected chi connectivity index (χ2v) is 12.2. The summed E-state index contributed by atoms with van der Waals surface area (Å²) in [5.41, 5.74) is 1.11. The maximum absolute atomic E-state index is 13.4. The third-order valence-corrected chi connectivity index (χ3v) is 8.30. The molecular formula is C30H35N7O6S. The molecule has 1 fully saturated rings. The van der Waals surface area contributed by atoms with E-state index in [1.165, 1.54) is 22.5 Å². The first kappa shape index (κ1) is 30.9. The predicted molar refractivity (Wildman–Crippen MR) is 159 cm³/mol. The maximum atomic E-state index is 13.4. The molecule has 5 rings (SSSR count). The van der Waals surface area contributed by atoms with Gasteiger partial charge in [0, 0.05) is 31.3 Å². The molecule has 2 aliphatic heterocycles. The lowest BCUT2D eigenvalue weighted by molar-refractivity contribution is -0.138. The van der Waals surface area contributed by atoms with Crippen LogP contribution in [0.1, 0.15) is 82.6 Å². The van der Waals surface area contributed by atoms with Crippen LogP contribution in [0.4, 0.5) is 0 Å². The predicted octanol–water partition coefficient (Wildman–Crippen LogP) is 1.90. The summed E-state index contributed by atoms with van der Waals surface area (Å²) in [6, 6.07) is 7.44. The van der Waals surface area contributed by atoms with Crippen LogP contribution in [0.3, 0.4) is 0 Å². The fourth-order valence-electron chi connectivity index (χ4n) is 5.17. The van der Waals surface area contributed by atoms with Gasteiger partial charge in [-0.3, -0.25) is 24.0 Å². The van der Waals surface area contributed by atoms with E-state index in [4.69, 9.17) is 4.42 Å². The molecule has 0 saturated carbocycles. The second-order valence-electron chi connectivity index (χ2n) is 11.3. The lowest BCUT2D eigenvalue weighted by atomic mass is 10.0. The molecule has 14 heteroatoms. The number of thiazole rings is 1. The molecule has 0 radical (unpaired) electrons. The molecule has 4 heterocycles. The zero-order valence-corrected chi connectivity index (χ0v) is 25.3. The highest BCUT2D eigenvalue weighted by Gasteiger charge is 2.33. The fourth-order valence-corrected chi connectivity index (χ4v) is 6.04. The molecule has 4 N–H and O–H groups in total. The number of benzene rings is 1. The maximum Gasteiger partial charge on any atom is 0.273 e. The van der Waals surface area contributed by atoms with E-state index in [1.807, 2.05) is 44.2 Å². The SMILES string of the molecule is CC(C)C[C@@H]1NC(=O)c2coc(n2)[C@H](Cc2ccccc2)NC(=O)CN(C(=O)[C@H]2CCC(=O)N2)CCNC(=O)c2csc1n2. The summed E-state index contributed by atoms with van der Waals surface area (Å²) < 4.78 is 5.73. The molecular weight excluding hydrogens is 586 g/mol. The van der Waals surface area contributed by atoms with E-state index in [2.05, 4.69) is 31.2 Å². The molecule has 2 aromatic heterocycles. The number of rotatable bonds is 5. The first-order valence-corrected chi connectivity index (χ1v) is 15.5. The molecule has 0 unspecified atom stereocenters. The van der Waals surface area contributed by atoms with Crippen LogP contribution < -0.4 is 21.3 Å². The Bertz CT molecular complexity index is 1520. The van der Waals surface area contributed by atoms with E-state index < -0.39 is 41.8 Å². The van der Waals surface area contributed by atoms with Gasteiger partial charge in [-0.25, -0.2) is 9.97 Å². The van der Waals surface area contributed by atoms with Crippen LogP contribution >= 0.6 is 11.3 Å². The molecule has 3 atom stereocenters. The summed E-state index contributed by atoms with van der Waals surface area (Å²) in [6.07, 6.45) is 2.67. The second kappa shape index (κ2) is 13.8. The molecule has 2 aliphatic rings. The molecule has 5 amide bonds. The van der Waals surface area contributed by atoms with Gasteiger partial charge in [0.15, 0.2) is 5.69 Å². The number of carbonyl (C=O) groups excluding carboxylic acids is 5. The minimum Gasteiger partial charge on any atom is -0.446 e. The van der Waals surface area contributed by atoms with Crippen LogP contribution in [0.2, 0.25) is 0 Å². The van der Waals surface area contributed by atoms with Crippen molar-refractivity contribution < 1.29 is 28.4 Å². The molecule has 4 bridgehead atoms. The number of nitrogens with zero attached hydrogens (tertiary/aromatic N) is 3. The number of amides is 5. The lowest BCUT2D eigenvalue weighted by Crippen LogP contribution is -2.50. The Morgan fingerprint density at radius 3 is 2.52 bits per heavy atom. The zero-order valence-electron chi connectivity index (χ0n) is 24.5. The summed E-state index contributed by atoms with van der Waals surface area (Å²) in [5.74, 6) is -1.72. The zero-order chi connectivity index (χ0) is 31.2. The third kappa shape index (κ3) is 7.67. The van der Waals surface area contributed by atoms with E-state index >= 15 is 0 Å². The van der Waals surface area contributed by atoms with Gasteiger partial charge in [-0.15, -0.1) is 11.3 Å². The van der Waals surface area contributed by atoms with Gasteiger partial charge in [0.1, 0.15) is 29.0 Å². The van der Waals surface area contributed by atoms with Gasteiger partial charge in [0.2, 0.25) is 23.6 Å². The van der Waals surface area contributed by atoms with Crippen LogP contribution in [-0.2, 0) is 20.8 Å². The number of oxazole rings is 1. The van der Waals surface area contributed by atoms with E-state index in [9.17, 15) is 24.0 Å². The number of hydrogen-bond acceptors (Lipinski definition) is 9. The lowest BCUT2D eigenvalue weighted by Gasteiger charge is -2.26. The molecule has 44 heavy (non-hydrogen) atoms. The first-order valence-electron chi connectivity index (χ1n) is 14.6. The molecule has 1 saturated heterocycles. The molecule has 1 aromatic carbocycles. The quantitative estimate of drug-likeness (QED) is 0.334. The molecule has 0 aliphatic carbocycles. The van der Waals surface area contributed by atoms with E-state index in [-0.39, 0.29) is 55.2 Å². The number of nitrogens with one attached hydrogen (secondary N) is 4. The molecule has 3 aromatic rings. The fraction of sp³-hybridized carbons (Fsp3) is 0.433. The van der Waals surface area contributed by atoms with Gasteiger partial charge in [0.25, 0.3) is 11.8 Å².